The molecule has 9 heteroatoms. The number of benzene rings is 1. The SMILES string of the molecule is CCOc1cc(CN2CCC(Nc3cc(C(=O)OC)nc(Cl)n3)CC2)ccc1OC. The van der Waals surface area contributed by atoms with Crippen LogP contribution in [0.3, 0.4) is 0 Å². The van der Waals surface area contributed by atoms with Crippen molar-refractivity contribution in [3.05, 3.63) is 40.8 Å². The molecule has 1 aromatic heterocycles. The van der Waals surface area contributed by atoms with Gasteiger partial charge in [0.05, 0.1) is 20.8 Å². The molecule has 1 aliphatic heterocycles. The van der Waals surface area contributed by atoms with Crippen LogP contribution in [0.2, 0.25) is 5.28 Å². The van der Waals surface area contributed by atoms with E-state index >= 15 is 0 Å². The quantitative estimate of drug-likeness (QED) is 0.499. The van der Waals surface area contributed by atoms with Crippen LogP contribution in [-0.2, 0) is 11.3 Å². The van der Waals surface area contributed by atoms with Crippen molar-refractivity contribution in [1.29, 1.82) is 0 Å². The number of nitrogens with zero attached hydrogens (tertiary/aromatic N) is 3. The second-order valence-corrected chi connectivity index (χ2v) is 7.35. The first kappa shape index (κ1) is 22.1. The molecule has 2 aromatic rings. The Balaban J connectivity index is 1.56. The van der Waals surface area contributed by atoms with E-state index in [0.29, 0.717) is 12.4 Å². The summed E-state index contributed by atoms with van der Waals surface area (Å²) < 4.78 is 15.7. The van der Waals surface area contributed by atoms with Crippen molar-refractivity contribution in [3.63, 3.8) is 0 Å². The average molecular weight is 435 g/mol. The van der Waals surface area contributed by atoms with Crippen LogP contribution in [-0.4, -0.2) is 60.8 Å². The Morgan fingerprint density at radius 2 is 1.97 bits per heavy atom. The highest BCUT2D eigenvalue weighted by Crippen LogP contribution is 2.29. The molecule has 1 fully saturated rings. The largest absolute Gasteiger partial charge is 0.493 e. The Morgan fingerprint density at radius 3 is 2.63 bits per heavy atom. The summed E-state index contributed by atoms with van der Waals surface area (Å²) in [6.45, 7) is 5.29. The lowest BCUT2D eigenvalue weighted by Crippen LogP contribution is -2.38. The number of nitrogens with one attached hydrogen (secondary N) is 1. The molecule has 1 N–H and O–H groups in total. The van der Waals surface area contributed by atoms with Gasteiger partial charge >= 0.3 is 5.97 Å². The summed E-state index contributed by atoms with van der Waals surface area (Å²) in [5, 5.41) is 3.38. The monoisotopic (exact) mass is 434 g/mol. The van der Waals surface area contributed by atoms with Crippen LogP contribution in [0.25, 0.3) is 0 Å². The summed E-state index contributed by atoms with van der Waals surface area (Å²) in [5.74, 6) is 1.52. The number of carbonyl (C=O) groups is 1. The van der Waals surface area contributed by atoms with Crippen molar-refractivity contribution in [2.75, 3.05) is 39.2 Å². The summed E-state index contributed by atoms with van der Waals surface area (Å²) in [4.78, 5) is 22.2. The van der Waals surface area contributed by atoms with E-state index in [2.05, 4.69) is 26.3 Å². The summed E-state index contributed by atoms with van der Waals surface area (Å²) >= 11 is 5.94. The molecule has 1 aliphatic rings. The Morgan fingerprint density at radius 1 is 1.20 bits per heavy atom. The third-order valence-electron chi connectivity index (χ3n) is 4.97. The number of rotatable bonds is 8. The van der Waals surface area contributed by atoms with E-state index in [4.69, 9.17) is 25.8 Å². The summed E-state index contributed by atoms with van der Waals surface area (Å²) in [6.07, 6.45) is 1.90. The molecule has 8 nitrogen and oxygen atoms in total. The number of piperidine rings is 1. The molecule has 0 atom stereocenters. The van der Waals surface area contributed by atoms with Crippen molar-refractivity contribution >= 4 is 23.4 Å². The standard InChI is InChI=1S/C21H27ClN4O4/c1-4-30-18-11-14(5-6-17(18)28-2)13-26-9-7-15(8-10-26)23-19-12-16(20(27)29-3)24-21(22)25-19/h5-6,11-12,15H,4,7-10,13H2,1-3H3,(H,23,24,25). The molecule has 0 unspecified atom stereocenters. The van der Waals surface area contributed by atoms with Crippen molar-refractivity contribution in [1.82, 2.24) is 14.9 Å². The lowest BCUT2D eigenvalue weighted by atomic mass is 10.0. The van der Waals surface area contributed by atoms with Gasteiger partial charge in [-0.3, -0.25) is 4.90 Å². The van der Waals surface area contributed by atoms with Crippen LogP contribution >= 0.6 is 11.6 Å². The molecular formula is C21H27ClN4O4. The average Bonchev–Trinajstić information content (AvgIpc) is 2.74. The van der Waals surface area contributed by atoms with Gasteiger partial charge in [-0.25, -0.2) is 14.8 Å². The number of likely N-dealkylation sites (tertiary alicyclic amines) is 1. The Hall–Kier alpha value is -2.58. The number of anilines is 1. The van der Waals surface area contributed by atoms with E-state index < -0.39 is 5.97 Å². The molecule has 0 amide bonds. The highest BCUT2D eigenvalue weighted by molar-refractivity contribution is 6.28. The van der Waals surface area contributed by atoms with Crippen LogP contribution < -0.4 is 14.8 Å². The number of halogens is 1. The van der Waals surface area contributed by atoms with E-state index in [1.165, 1.54) is 12.7 Å². The van der Waals surface area contributed by atoms with Gasteiger partial charge in [0.1, 0.15) is 5.82 Å². The van der Waals surface area contributed by atoms with E-state index in [0.717, 1.165) is 44.0 Å². The fraction of sp³-hybridized carbons (Fsp3) is 0.476. The van der Waals surface area contributed by atoms with Gasteiger partial charge in [0, 0.05) is 31.7 Å². The molecule has 0 saturated carbocycles. The maximum atomic E-state index is 11.7. The van der Waals surface area contributed by atoms with Crippen LogP contribution in [0.5, 0.6) is 11.5 Å². The van der Waals surface area contributed by atoms with Gasteiger partial charge in [-0.05, 0) is 49.1 Å². The van der Waals surface area contributed by atoms with Gasteiger partial charge in [0.25, 0.3) is 0 Å². The first-order valence-electron chi connectivity index (χ1n) is 9.93. The van der Waals surface area contributed by atoms with Crippen molar-refractivity contribution in [2.24, 2.45) is 0 Å². The zero-order valence-electron chi connectivity index (χ0n) is 17.5. The van der Waals surface area contributed by atoms with Gasteiger partial charge in [0.15, 0.2) is 17.2 Å². The number of esters is 1. The topological polar surface area (TPSA) is 85.8 Å². The fourth-order valence-corrected chi connectivity index (χ4v) is 3.67. The van der Waals surface area contributed by atoms with E-state index in [9.17, 15) is 4.79 Å². The zero-order chi connectivity index (χ0) is 21.5. The molecular weight excluding hydrogens is 408 g/mol. The molecule has 0 bridgehead atoms. The predicted molar refractivity (Wildman–Crippen MR) is 114 cm³/mol. The molecule has 2 heterocycles. The first-order valence-corrected chi connectivity index (χ1v) is 10.3. The van der Waals surface area contributed by atoms with E-state index in [1.54, 1.807) is 13.2 Å². The van der Waals surface area contributed by atoms with Gasteiger partial charge in [-0.2, -0.15) is 0 Å². The van der Waals surface area contributed by atoms with Crippen molar-refractivity contribution in [2.45, 2.75) is 32.4 Å². The maximum absolute atomic E-state index is 11.7. The van der Waals surface area contributed by atoms with Gasteiger partial charge in [0.2, 0.25) is 5.28 Å². The van der Waals surface area contributed by atoms with Crippen LogP contribution in [0.1, 0.15) is 35.8 Å². The Bertz CT molecular complexity index is 872. The van der Waals surface area contributed by atoms with Crippen LogP contribution in [0, 0.1) is 0 Å². The number of hydrogen-bond donors (Lipinski definition) is 1. The van der Waals surface area contributed by atoms with Crippen molar-refractivity contribution in [3.8, 4) is 11.5 Å². The molecule has 30 heavy (non-hydrogen) atoms. The molecule has 1 saturated heterocycles. The number of aromatic nitrogens is 2. The second kappa shape index (κ2) is 10.4. The normalized spacial score (nSPS) is 14.9. The minimum Gasteiger partial charge on any atom is -0.493 e. The number of ether oxygens (including phenoxy) is 3. The first-order chi connectivity index (χ1) is 14.5. The third-order valence-corrected chi connectivity index (χ3v) is 5.14. The number of hydrogen-bond acceptors (Lipinski definition) is 8. The fourth-order valence-electron chi connectivity index (χ4n) is 3.49. The Labute approximate surface area is 181 Å². The van der Waals surface area contributed by atoms with Crippen LogP contribution in [0.4, 0.5) is 5.82 Å². The highest BCUT2D eigenvalue weighted by atomic mass is 35.5. The lowest BCUT2D eigenvalue weighted by Gasteiger charge is -2.32. The second-order valence-electron chi connectivity index (χ2n) is 7.01. The highest BCUT2D eigenvalue weighted by Gasteiger charge is 2.21. The maximum Gasteiger partial charge on any atom is 0.356 e. The molecule has 0 aliphatic carbocycles. The molecule has 0 radical (unpaired) electrons. The molecule has 3 rings (SSSR count). The third kappa shape index (κ3) is 5.73. The lowest BCUT2D eigenvalue weighted by molar-refractivity contribution is 0.0594. The smallest absolute Gasteiger partial charge is 0.356 e. The van der Waals surface area contributed by atoms with Gasteiger partial charge < -0.3 is 19.5 Å². The van der Waals surface area contributed by atoms with Gasteiger partial charge in [-0.15, -0.1) is 0 Å². The molecule has 162 valence electrons. The van der Waals surface area contributed by atoms with Crippen molar-refractivity contribution < 1.29 is 19.0 Å². The summed E-state index contributed by atoms with van der Waals surface area (Å²) in [5.41, 5.74) is 1.33. The predicted octanol–water partition coefficient (Wildman–Crippen LogP) is 3.40. The summed E-state index contributed by atoms with van der Waals surface area (Å²) in [6, 6.07) is 7.88. The Kier molecular flexibility index (Phi) is 7.70. The minimum absolute atomic E-state index is 0.0162. The van der Waals surface area contributed by atoms with E-state index in [1.807, 2.05) is 19.1 Å². The van der Waals surface area contributed by atoms with E-state index in [-0.39, 0.29) is 17.0 Å². The zero-order valence-corrected chi connectivity index (χ0v) is 18.2. The number of carbonyl (C=O) groups excluding carboxylic acids is 1. The summed E-state index contributed by atoms with van der Waals surface area (Å²) in [7, 11) is 2.95. The minimum atomic E-state index is -0.539. The van der Waals surface area contributed by atoms with Gasteiger partial charge in [-0.1, -0.05) is 6.07 Å². The number of methoxy groups -OCH3 is 2. The van der Waals surface area contributed by atoms with Crippen LogP contribution in [0.15, 0.2) is 24.3 Å². The molecule has 1 aromatic carbocycles. The molecule has 0 spiro atoms.